The van der Waals surface area contributed by atoms with Gasteiger partial charge >= 0.3 is 0 Å². The van der Waals surface area contributed by atoms with Crippen LogP contribution in [0.3, 0.4) is 0 Å². The molecule has 0 fully saturated rings. The molecule has 0 bridgehead atoms. The molecule has 1 aliphatic carbocycles. The van der Waals surface area contributed by atoms with Crippen LogP contribution >= 0.6 is 0 Å². The highest BCUT2D eigenvalue weighted by atomic mass is 32.2. The lowest BCUT2D eigenvalue weighted by molar-refractivity contribution is 0.102. The fourth-order valence-corrected chi connectivity index (χ4v) is 4.44. The van der Waals surface area contributed by atoms with E-state index in [-0.39, 0.29) is 17.3 Å². The van der Waals surface area contributed by atoms with E-state index >= 15 is 0 Å². The van der Waals surface area contributed by atoms with Gasteiger partial charge in [-0.05, 0) is 65.1 Å². The summed E-state index contributed by atoms with van der Waals surface area (Å²) in [7, 11) is -3.61. The van der Waals surface area contributed by atoms with E-state index in [4.69, 9.17) is 0 Å². The van der Waals surface area contributed by atoms with Crippen molar-refractivity contribution in [3.63, 3.8) is 0 Å². The molecular weight excluding hydrogens is 384 g/mol. The first kappa shape index (κ1) is 19.1. The molecule has 0 saturated heterocycles. The lowest BCUT2D eigenvalue weighted by Crippen LogP contribution is -2.23. The number of benzene rings is 3. The summed E-state index contributed by atoms with van der Waals surface area (Å²) in [6.07, 6.45) is 2.37. The van der Waals surface area contributed by atoms with Crippen molar-refractivity contribution in [3.05, 3.63) is 96.1 Å². The van der Waals surface area contributed by atoms with E-state index in [1.807, 2.05) is 30.3 Å². The van der Waals surface area contributed by atoms with Gasteiger partial charge in [0.1, 0.15) is 0 Å². The Bertz CT molecular complexity index is 1200. The van der Waals surface area contributed by atoms with E-state index in [0.717, 1.165) is 12.0 Å². The van der Waals surface area contributed by atoms with E-state index in [1.165, 1.54) is 47.0 Å². The van der Waals surface area contributed by atoms with Crippen LogP contribution in [0.2, 0.25) is 0 Å². The molecule has 1 aliphatic rings. The minimum Gasteiger partial charge on any atom is -0.322 e. The van der Waals surface area contributed by atoms with E-state index < -0.39 is 10.0 Å². The molecule has 146 valence electrons. The second-order valence-electron chi connectivity index (χ2n) is 6.82. The van der Waals surface area contributed by atoms with Crippen molar-refractivity contribution in [1.82, 2.24) is 4.72 Å². The summed E-state index contributed by atoms with van der Waals surface area (Å²) in [5.74, 6) is -0.292. The van der Waals surface area contributed by atoms with Crippen LogP contribution in [0.1, 0.15) is 21.5 Å². The van der Waals surface area contributed by atoms with Crippen LogP contribution in [-0.4, -0.2) is 20.9 Å². The summed E-state index contributed by atoms with van der Waals surface area (Å²) in [6.45, 7) is 3.63. The number of hydrogen-bond acceptors (Lipinski definition) is 3. The molecule has 3 aromatic rings. The van der Waals surface area contributed by atoms with Crippen molar-refractivity contribution in [2.75, 3.05) is 11.9 Å². The standard InChI is InChI=1S/C23H20N2O3S/c1-2-13-24-29(27,28)20-11-8-16(9-12-20)23(26)25-19-10-7-18-14-17-5-3-4-6-21(17)22(18)15-19/h2-12,15,24H,1,13-14H2,(H,25,26). The molecule has 0 saturated carbocycles. The fraction of sp³-hybridized carbons (Fsp3) is 0.0870. The highest BCUT2D eigenvalue weighted by Crippen LogP contribution is 2.37. The fourth-order valence-electron chi connectivity index (χ4n) is 3.44. The number of anilines is 1. The van der Waals surface area contributed by atoms with Gasteiger partial charge in [0.05, 0.1) is 4.90 Å². The van der Waals surface area contributed by atoms with Gasteiger partial charge < -0.3 is 5.32 Å². The zero-order chi connectivity index (χ0) is 20.4. The maximum Gasteiger partial charge on any atom is 0.255 e. The van der Waals surface area contributed by atoms with Crippen LogP contribution in [0.4, 0.5) is 5.69 Å². The average molecular weight is 404 g/mol. The Labute approximate surface area is 170 Å². The summed E-state index contributed by atoms with van der Waals surface area (Å²) >= 11 is 0. The Kier molecular flexibility index (Phi) is 5.05. The van der Waals surface area contributed by atoms with Crippen LogP contribution in [0.15, 0.2) is 84.3 Å². The molecule has 3 aromatic carbocycles. The summed E-state index contributed by atoms with van der Waals surface area (Å²) in [4.78, 5) is 12.7. The molecule has 4 rings (SSSR count). The van der Waals surface area contributed by atoms with Crippen LogP contribution in [0, 0.1) is 0 Å². The molecule has 29 heavy (non-hydrogen) atoms. The van der Waals surface area contributed by atoms with Crippen LogP contribution < -0.4 is 10.0 Å². The molecule has 6 heteroatoms. The van der Waals surface area contributed by atoms with Crippen LogP contribution in [0.5, 0.6) is 0 Å². The number of carbonyl (C=O) groups is 1. The first-order valence-corrected chi connectivity index (χ1v) is 10.7. The van der Waals surface area contributed by atoms with Gasteiger partial charge in [0.25, 0.3) is 5.91 Å². The molecule has 0 radical (unpaired) electrons. The van der Waals surface area contributed by atoms with Crippen molar-refractivity contribution in [3.8, 4) is 11.1 Å². The Morgan fingerprint density at radius 2 is 1.69 bits per heavy atom. The van der Waals surface area contributed by atoms with Crippen LogP contribution in [-0.2, 0) is 16.4 Å². The molecule has 0 aromatic heterocycles. The predicted octanol–water partition coefficient (Wildman–Crippen LogP) is 3.97. The van der Waals surface area contributed by atoms with Crippen molar-refractivity contribution in [2.45, 2.75) is 11.3 Å². The zero-order valence-electron chi connectivity index (χ0n) is 15.7. The molecule has 2 N–H and O–H groups in total. The van der Waals surface area contributed by atoms with E-state index in [1.54, 1.807) is 0 Å². The Hall–Kier alpha value is -3.22. The molecule has 1 amide bonds. The van der Waals surface area contributed by atoms with Crippen molar-refractivity contribution in [2.24, 2.45) is 0 Å². The lowest BCUT2D eigenvalue weighted by atomic mass is 10.1. The number of amides is 1. The smallest absolute Gasteiger partial charge is 0.255 e. The predicted molar refractivity (Wildman–Crippen MR) is 114 cm³/mol. The topological polar surface area (TPSA) is 75.3 Å². The molecule has 0 unspecified atom stereocenters. The van der Waals surface area contributed by atoms with Gasteiger partial charge in [-0.2, -0.15) is 0 Å². The van der Waals surface area contributed by atoms with Gasteiger partial charge in [0.15, 0.2) is 0 Å². The maximum atomic E-state index is 12.6. The molecule has 5 nitrogen and oxygen atoms in total. The number of nitrogens with one attached hydrogen (secondary N) is 2. The number of sulfonamides is 1. The van der Waals surface area contributed by atoms with E-state index in [9.17, 15) is 13.2 Å². The quantitative estimate of drug-likeness (QED) is 0.478. The third kappa shape index (κ3) is 3.85. The molecule has 0 spiro atoms. The molecular formula is C23H20N2O3S. The summed E-state index contributed by atoms with van der Waals surface area (Å²) in [6, 6.07) is 20.0. The first-order chi connectivity index (χ1) is 14.0. The van der Waals surface area contributed by atoms with Gasteiger partial charge in [0, 0.05) is 17.8 Å². The molecule has 0 atom stereocenters. The second-order valence-corrected chi connectivity index (χ2v) is 8.59. The normalized spacial score (nSPS) is 12.1. The van der Waals surface area contributed by atoms with Gasteiger partial charge in [0.2, 0.25) is 10.0 Å². The van der Waals surface area contributed by atoms with Gasteiger partial charge in [-0.15, -0.1) is 6.58 Å². The third-order valence-corrected chi connectivity index (χ3v) is 6.34. The SMILES string of the molecule is C=CCNS(=O)(=O)c1ccc(C(=O)Nc2ccc3c(c2)-c2ccccc2C3)cc1. The molecule has 0 heterocycles. The third-order valence-electron chi connectivity index (χ3n) is 4.90. The zero-order valence-corrected chi connectivity index (χ0v) is 16.5. The second kappa shape index (κ2) is 7.66. The lowest BCUT2D eigenvalue weighted by Gasteiger charge is -2.09. The summed E-state index contributed by atoms with van der Waals surface area (Å²) in [5.41, 5.74) is 5.94. The van der Waals surface area contributed by atoms with Gasteiger partial charge in [-0.3, -0.25) is 4.79 Å². The van der Waals surface area contributed by atoms with E-state index in [0.29, 0.717) is 11.3 Å². The Morgan fingerprint density at radius 3 is 2.45 bits per heavy atom. The molecule has 0 aliphatic heterocycles. The largest absolute Gasteiger partial charge is 0.322 e. The average Bonchev–Trinajstić information content (AvgIpc) is 3.10. The Balaban J connectivity index is 1.52. The maximum absolute atomic E-state index is 12.6. The Morgan fingerprint density at radius 1 is 0.966 bits per heavy atom. The van der Waals surface area contributed by atoms with Gasteiger partial charge in [-0.1, -0.05) is 36.4 Å². The van der Waals surface area contributed by atoms with Crippen molar-refractivity contribution in [1.29, 1.82) is 0 Å². The van der Waals surface area contributed by atoms with Gasteiger partial charge in [-0.25, -0.2) is 13.1 Å². The minimum atomic E-state index is -3.61. The van der Waals surface area contributed by atoms with Crippen LogP contribution in [0.25, 0.3) is 11.1 Å². The van der Waals surface area contributed by atoms with E-state index in [2.05, 4.69) is 28.8 Å². The highest BCUT2D eigenvalue weighted by Gasteiger charge is 2.19. The number of rotatable bonds is 6. The summed E-state index contributed by atoms with van der Waals surface area (Å²) in [5, 5.41) is 2.89. The number of hydrogen-bond donors (Lipinski definition) is 2. The van der Waals surface area contributed by atoms with Crippen molar-refractivity contribution < 1.29 is 13.2 Å². The monoisotopic (exact) mass is 404 g/mol. The first-order valence-electron chi connectivity index (χ1n) is 9.21. The minimum absolute atomic E-state index is 0.102. The van der Waals surface area contributed by atoms with Crippen molar-refractivity contribution >= 4 is 21.6 Å². The highest BCUT2D eigenvalue weighted by molar-refractivity contribution is 7.89. The summed E-state index contributed by atoms with van der Waals surface area (Å²) < 4.78 is 26.6. The number of fused-ring (bicyclic) bond motifs is 3. The number of carbonyl (C=O) groups excluding carboxylic acids is 1.